The second kappa shape index (κ2) is 5.85. The first-order valence-electron chi connectivity index (χ1n) is 9.31. The van der Waals surface area contributed by atoms with Crippen LogP contribution < -0.4 is 5.73 Å². The quantitative estimate of drug-likeness (QED) is 0.717. The average molecular weight is 367 g/mol. The smallest absolute Gasteiger partial charge is 0.269 e. The second-order valence-corrected chi connectivity index (χ2v) is 7.64. The number of hydrogen-bond donors (Lipinski definition) is 2. The Morgan fingerprint density at radius 3 is 2.63 bits per heavy atom. The van der Waals surface area contributed by atoms with E-state index in [2.05, 4.69) is 20.1 Å². The van der Waals surface area contributed by atoms with Gasteiger partial charge in [-0.05, 0) is 44.4 Å². The molecule has 9 heteroatoms. The first kappa shape index (κ1) is 16.4. The largest absolute Gasteiger partial charge is 0.390 e. The Kier molecular flexibility index (Phi) is 3.55. The van der Waals surface area contributed by atoms with Crippen LogP contribution in [0.1, 0.15) is 55.1 Å². The molecule has 2 saturated carbocycles. The summed E-state index contributed by atoms with van der Waals surface area (Å²) in [6.07, 6.45) is 12.1. The van der Waals surface area contributed by atoms with Crippen LogP contribution in [-0.2, 0) is 0 Å². The Hall–Kier alpha value is -2.81. The molecule has 27 heavy (non-hydrogen) atoms. The van der Waals surface area contributed by atoms with Gasteiger partial charge in [-0.15, -0.1) is 0 Å². The van der Waals surface area contributed by atoms with Crippen molar-refractivity contribution >= 4 is 16.9 Å². The van der Waals surface area contributed by atoms with Gasteiger partial charge in [0.25, 0.3) is 5.91 Å². The summed E-state index contributed by atoms with van der Waals surface area (Å²) in [5.41, 5.74) is 6.53. The number of fused-ring (bicyclic) bond motifs is 1. The number of rotatable bonds is 4. The molecule has 140 valence electrons. The van der Waals surface area contributed by atoms with E-state index in [1.807, 2.05) is 4.68 Å². The molecule has 3 aromatic heterocycles. The highest BCUT2D eigenvalue weighted by Crippen LogP contribution is 2.49. The van der Waals surface area contributed by atoms with Crippen LogP contribution >= 0.6 is 0 Å². The highest BCUT2D eigenvalue weighted by atomic mass is 16.3. The number of hydrogen-bond acceptors (Lipinski definition) is 6. The minimum atomic E-state index is -0.605. The SMILES string of the molecule is NC(=O)c1nc(-n2ccnc2)nc2cnn(C3CCC(C4(O)CC4)CC3)c12. The maximum absolute atomic E-state index is 12.1. The molecule has 2 aliphatic carbocycles. The van der Waals surface area contributed by atoms with Crippen LogP contribution in [0.25, 0.3) is 17.0 Å². The Bertz CT molecular complexity index is 998. The van der Waals surface area contributed by atoms with Crippen molar-refractivity contribution in [1.29, 1.82) is 0 Å². The molecule has 2 aliphatic rings. The van der Waals surface area contributed by atoms with Gasteiger partial charge in [0.2, 0.25) is 5.95 Å². The molecule has 3 N–H and O–H groups in total. The monoisotopic (exact) mass is 367 g/mol. The van der Waals surface area contributed by atoms with Crippen LogP contribution in [-0.4, -0.2) is 45.9 Å². The van der Waals surface area contributed by atoms with Gasteiger partial charge in [-0.25, -0.2) is 15.0 Å². The van der Waals surface area contributed by atoms with Crippen molar-refractivity contribution in [1.82, 2.24) is 29.3 Å². The molecule has 0 saturated heterocycles. The summed E-state index contributed by atoms with van der Waals surface area (Å²) in [5, 5.41) is 14.9. The fourth-order valence-electron chi connectivity index (χ4n) is 4.29. The van der Waals surface area contributed by atoms with Gasteiger partial charge < -0.3 is 10.8 Å². The van der Waals surface area contributed by atoms with Gasteiger partial charge in [0.1, 0.15) is 17.4 Å². The topological polar surface area (TPSA) is 125 Å². The number of aliphatic hydroxyl groups is 1. The lowest BCUT2D eigenvalue weighted by molar-refractivity contribution is 0.0514. The van der Waals surface area contributed by atoms with Crippen molar-refractivity contribution in [2.75, 3.05) is 0 Å². The zero-order valence-corrected chi connectivity index (χ0v) is 14.8. The maximum Gasteiger partial charge on any atom is 0.269 e. The third-order valence-corrected chi connectivity index (χ3v) is 5.97. The van der Waals surface area contributed by atoms with E-state index in [1.165, 1.54) is 0 Å². The third kappa shape index (κ3) is 2.69. The van der Waals surface area contributed by atoms with Gasteiger partial charge in [-0.1, -0.05) is 0 Å². The molecule has 5 rings (SSSR count). The van der Waals surface area contributed by atoms with Crippen molar-refractivity contribution < 1.29 is 9.90 Å². The molecule has 0 radical (unpaired) electrons. The molecule has 0 spiro atoms. The van der Waals surface area contributed by atoms with Crippen LogP contribution in [0.5, 0.6) is 0 Å². The van der Waals surface area contributed by atoms with Gasteiger partial charge in [-0.2, -0.15) is 5.10 Å². The fraction of sp³-hybridized carbons (Fsp3) is 0.500. The van der Waals surface area contributed by atoms with Crippen molar-refractivity contribution in [2.24, 2.45) is 11.7 Å². The lowest BCUT2D eigenvalue weighted by Crippen LogP contribution is -2.29. The first-order valence-corrected chi connectivity index (χ1v) is 9.31. The van der Waals surface area contributed by atoms with E-state index in [1.54, 1.807) is 29.5 Å². The Labute approximate surface area is 155 Å². The molecule has 0 bridgehead atoms. The van der Waals surface area contributed by atoms with E-state index >= 15 is 0 Å². The molecule has 2 fully saturated rings. The zero-order valence-electron chi connectivity index (χ0n) is 14.8. The molecule has 0 atom stereocenters. The Morgan fingerprint density at radius 2 is 2.00 bits per heavy atom. The number of carbonyl (C=O) groups excluding carboxylic acids is 1. The Morgan fingerprint density at radius 1 is 1.22 bits per heavy atom. The van der Waals surface area contributed by atoms with Gasteiger partial charge in [0.05, 0.1) is 17.8 Å². The van der Waals surface area contributed by atoms with Crippen LogP contribution in [0.2, 0.25) is 0 Å². The summed E-state index contributed by atoms with van der Waals surface area (Å²) >= 11 is 0. The summed E-state index contributed by atoms with van der Waals surface area (Å²) in [4.78, 5) is 25.0. The summed E-state index contributed by atoms with van der Waals surface area (Å²) in [6.45, 7) is 0. The summed E-state index contributed by atoms with van der Waals surface area (Å²) < 4.78 is 3.48. The van der Waals surface area contributed by atoms with Crippen molar-refractivity contribution in [3.63, 3.8) is 0 Å². The lowest BCUT2D eigenvalue weighted by atomic mass is 9.81. The minimum absolute atomic E-state index is 0.155. The van der Waals surface area contributed by atoms with Crippen molar-refractivity contribution in [3.8, 4) is 5.95 Å². The fourth-order valence-corrected chi connectivity index (χ4v) is 4.29. The van der Waals surface area contributed by atoms with Gasteiger partial charge >= 0.3 is 0 Å². The minimum Gasteiger partial charge on any atom is -0.390 e. The standard InChI is InChI=1S/C18H21N7O2/c19-16(26)14-15-13(22-17(23-14)24-8-7-20-10-24)9-21-25(15)12-3-1-11(2-4-12)18(27)5-6-18/h7-12,27H,1-6H2,(H2,19,26). The predicted octanol–water partition coefficient (Wildman–Crippen LogP) is 1.37. The first-order chi connectivity index (χ1) is 13.0. The van der Waals surface area contributed by atoms with Crippen LogP contribution in [0.3, 0.4) is 0 Å². The Balaban J connectivity index is 1.51. The van der Waals surface area contributed by atoms with Crippen LogP contribution in [0, 0.1) is 5.92 Å². The highest BCUT2D eigenvalue weighted by molar-refractivity contribution is 6.02. The molecular weight excluding hydrogens is 346 g/mol. The molecular formula is C18H21N7O2. The lowest BCUT2D eigenvalue weighted by Gasteiger charge is -2.32. The normalized spacial score (nSPS) is 24.2. The number of nitrogens with two attached hydrogens (primary N) is 1. The molecule has 0 aliphatic heterocycles. The number of carbonyl (C=O) groups is 1. The van der Waals surface area contributed by atoms with E-state index in [4.69, 9.17) is 5.73 Å². The average Bonchev–Trinajstić information content (AvgIpc) is 3.10. The van der Waals surface area contributed by atoms with E-state index in [0.29, 0.717) is 22.9 Å². The third-order valence-electron chi connectivity index (χ3n) is 5.97. The summed E-state index contributed by atoms with van der Waals surface area (Å²) in [6, 6.07) is 0.155. The molecule has 3 heterocycles. The van der Waals surface area contributed by atoms with E-state index in [-0.39, 0.29) is 11.7 Å². The predicted molar refractivity (Wildman–Crippen MR) is 96.1 cm³/mol. The number of primary amides is 1. The van der Waals surface area contributed by atoms with E-state index in [9.17, 15) is 9.90 Å². The van der Waals surface area contributed by atoms with Crippen LogP contribution in [0.15, 0.2) is 24.9 Å². The van der Waals surface area contributed by atoms with Crippen LogP contribution in [0.4, 0.5) is 0 Å². The van der Waals surface area contributed by atoms with Crippen molar-refractivity contribution in [3.05, 3.63) is 30.6 Å². The maximum atomic E-state index is 12.1. The highest BCUT2D eigenvalue weighted by Gasteiger charge is 2.48. The van der Waals surface area contributed by atoms with E-state index in [0.717, 1.165) is 38.5 Å². The molecule has 0 aromatic carbocycles. The second-order valence-electron chi connectivity index (χ2n) is 7.64. The summed E-state index contributed by atoms with van der Waals surface area (Å²) in [7, 11) is 0. The van der Waals surface area contributed by atoms with Gasteiger partial charge in [0.15, 0.2) is 5.69 Å². The summed E-state index contributed by atoms with van der Waals surface area (Å²) in [5.74, 6) is 0.106. The molecule has 9 nitrogen and oxygen atoms in total. The number of nitrogens with zero attached hydrogens (tertiary/aromatic N) is 6. The van der Waals surface area contributed by atoms with Gasteiger partial charge in [0, 0.05) is 12.4 Å². The zero-order chi connectivity index (χ0) is 18.6. The molecule has 3 aromatic rings. The number of aromatic nitrogens is 6. The van der Waals surface area contributed by atoms with Crippen molar-refractivity contribution in [2.45, 2.75) is 50.2 Å². The van der Waals surface area contributed by atoms with E-state index < -0.39 is 11.5 Å². The van der Waals surface area contributed by atoms with Gasteiger partial charge in [-0.3, -0.25) is 14.0 Å². The molecule has 1 amide bonds. The number of imidazole rings is 1. The number of amides is 1. The molecule has 0 unspecified atom stereocenters.